The Morgan fingerprint density at radius 3 is 2.31 bits per heavy atom. The van der Waals surface area contributed by atoms with Gasteiger partial charge in [0.25, 0.3) is 5.56 Å². The number of rotatable bonds is 9. The Hall–Kier alpha value is -2.71. The van der Waals surface area contributed by atoms with E-state index in [9.17, 15) is 13.2 Å². The zero-order valence-electron chi connectivity index (χ0n) is 19.3. The minimum Gasteiger partial charge on any atom is -0.497 e. The molecule has 0 aliphatic rings. The highest BCUT2D eigenvalue weighted by molar-refractivity contribution is 7.89. The van der Waals surface area contributed by atoms with Gasteiger partial charge in [-0.1, -0.05) is 32.9 Å². The summed E-state index contributed by atoms with van der Waals surface area (Å²) in [5.74, 6) is 1.12. The molecule has 0 bridgehead atoms. The first-order valence-corrected chi connectivity index (χ1v) is 12.3. The fourth-order valence-electron chi connectivity index (χ4n) is 3.78. The van der Waals surface area contributed by atoms with Gasteiger partial charge < -0.3 is 4.74 Å². The highest BCUT2D eigenvalue weighted by Crippen LogP contribution is 2.29. The average molecular weight is 458 g/mol. The van der Waals surface area contributed by atoms with Gasteiger partial charge in [-0.05, 0) is 55.7 Å². The van der Waals surface area contributed by atoms with E-state index in [2.05, 4.69) is 0 Å². The quantitative estimate of drug-likeness (QED) is 0.480. The highest BCUT2D eigenvalue weighted by atomic mass is 32.2. The van der Waals surface area contributed by atoms with Gasteiger partial charge in [-0.15, -0.1) is 0 Å². The SMILES string of the molecule is CCCn1c(C(C)N(CC(C)C)S(=O)(=O)c2ccc(OC)cc2)nc2ccccc2c1=O. The molecule has 1 atom stereocenters. The third-order valence-electron chi connectivity index (χ3n) is 5.36. The molecule has 7 nitrogen and oxygen atoms in total. The summed E-state index contributed by atoms with van der Waals surface area (Å²) in [6.45, 7) is 8.48. The Morgan fingerprint density at radius 1 is 1.06 bits per heavy atom. The second-order valence-corrected chi connectivity index (χ2v) is 10.2. The minimum atomic E-state index is -3.84. The number of para-hydroxylation sites is 1. The number of nitrogens with zero attached hydrogens (tertiary/aromatic N) is 3. The molecule has 0 aliphatic heterocycles. The van der Waals surface area contributed by atoms with Crippen LogP contribution in [0.25, 0.3) is 10.9 Å². The van der Waals surface area contributed by atoms with Gasteiger partial charge in [-0.25, -0.2) is 13.4 Å². The van der Waals surface area contributed by atoms with Crippen LogP contribution >= 0.6 is 0 Å². The second kappa shape index (κ2) is 9.83. The van der Waals surface area contributed by atoms with E-state index in [0.29, 0.717) is 35.6 Å². The Balaban J connectivity index is 2.17. The van der Waals surface area contributed by atoms with E-state index >= 15 is 0 Å². The molecule has 172 valence electrons. The number of benzene rings is 2. The van der Waals surface area contributed by atoms with Crippen LogP contribution < -0.4 is 10.3 Å². The van der Waals surface area contributed by atoms with Crippen LogP contribution in [0.4, 0.5) is 0 Å². The number of aromatic nitrogens is 2. The van der Waals surface area contributed by atoms with E-state index < -0.39 is 16.1 Å². The van der Waals surface area contributed by atoms with Crippen molar-refractivity contribution in [1.82, 2.24) is 13.9 Å². The fourth-order valence-corrected chi connectivity index (χ4v) is 5.54. The predicted molar refractivity (Wildman–Crippen MR) is 126 cm³/mol. The van der Waals surface area contributed by atoms with Crippen molar-refractivity contribution in [2.24, 2.45) is 5.92 Å². The first-order valence-electron chi connectivity index (χ1n) is 10.9. The van der Waals surface area contributed by atoms with Crippen LogP contribution in [0.5, 0.6) is 5.75 Å². The lowest BCUT2D eigenvalue weighted by atomic mass is 10.2. The lowest BCUT2D eigenvalue weighted by molar-refractivity contribution is 0.291. The van der Waals surface area contributed by atoms with Crippen LogP contribution in [-0.2, 0) is 16.6 Å². The smallest absolute Gasteiger partial charge is 0.261 e. The third-order valence-corrected chi connectivity index (χ3v) is 7.31. The van der Waals surface area contributed by atoms with E-state index in [4.69, 9.17) is 9.72 Å². The van der Waals surface area contributed by atoms with Gasteiger partial charge >= 0.3 is 0 Å². The van der Waals surface area contributed by atoms with Gasteiger partial charge in [-0.3, -0.25) is 9.36 Å². The van der Waals surface area contributed by atoms with Gasteiger partial charge in [0, 0.05) is 13.1 Å². The molecular weight excluding hydrogens is 426 g/mol. The summed E-state index contributed by atoms with van der Waals surface area (Å²) in [6.07, 6.45) is 0.731. The molecule has 0 spiro atoms. The molecular formula is C24H31N3O4S. The van der Waals surface area contributed by atoms with Gasteiger partial charge in [0.05, 0.1) is 29.0 Å². The van der Waals surface area contributed by atoms with Crippen LogP contribution in [0.2, 0.25) is 0 Å². The number of fused-ring (bicyclic) bond motifs is 1. The molecule has 0 saturated heterocycles. The summed E-state index contributed by atoms with van der Waals surface area (Å²) in [7, 11) is -2.31. The van der Waals surface area contributed by atoms with Gasteiger partial charge in [0.2, 0.25) is 10.0 Å². The van der Waals surface area contributed by atoms with Gasteiger partial charge in [0.1, 0.15) is 11.6 Å². The Labute approximate surface area is 189 Å². The molecule has 3 aromatic rings. The number of methoxy groups -OCH3 is 1. The Morgan fingerprint density at radius 2 is 1.72 bits per heavy atom. The summed E-state index contributed by atoms with van der Waals surface area (Å²) in [6, 6.07) is 12.9. The van der Waals surface area contributed by atoms with Crippen LogP contribution in [0, 0.1) is 5.92 Å². The summed E-state index contributed by atoms with van der Waals surface area (Å²) in [4.78, 5) is 18.2. The number of sulfonamides is 1. The largest absolute Gasteiger partial charge is 0.497 e. The summed E-state index contributed by atoms with van der Waals surface area (Å²) in [5, 5.41) is 0.533. The molecule has 0 aliphatic carbocycles. The zero-order valence-corrected chi connectivity index (χ0v) is 20.1. The van der Waals surface area contributed by atoms with Crippen molar-refractivity contribution in [2.45, 2.75) is 51.6 Å². The fraction of sp³-hybridized carbons (Fsp3) is 0.417. The highest BCUT2D eigenvalue weighted by Gasteiger charge is 2.33. The monoisotopic (exact) mass is 457 g/mol. The maximum Gasteiger partial charge on any atom is 0.261 e. The van der Waals surface area contributed by atoms with Crippen molar-refractivity contribution in [2.75, 3.05) is 13.7 Å². The zero-order chi connectivity index (χ0) is 23.5. The molecule has 0 radical (unpaired) electrons. The first kappa shape index (κ1) is 23.9. The lowest BCUT2D eigenvalue weighted by Gasteiger charge is -2.31. The molecule has 1 unspecified atom stereocenters. The van der Waals surface area contributed by atoms with Crippen molar-refractivity contribution in [3.05, 3.63) is 64.7 Å². The Bertz CT molecular complexity index is 1230. The van der Waals surface area contributed by atoms with Crippen molar-refractivity contribution in [3.63, 3.8) is 0 Å². The van der Waals surface area contributed by atoms with Crippen molar-refractivity contribution < 1.29 is 13.2 Å². The lowest BCUT2D eigenvalue weighted by Crippen LogP contribution is -2.39. The standard InChI is InChI=1S/C24H31N3O4S/c1-6-15-26-23(25-22-10-8-7-9-21(22)24(26)28)18(4)27(16-17(2)3)32(29,30)20-13-11-19(31-5)12-14-20/h7-14,17-18H,6,15-16H2,1-5H3. The maximum atomic E-state index is 13.7. The van der Waals surface area contributed by atoms with Crippen LogP contribution in [0.1, 0.15) is 46.0 Å². The van der Waals surface area contributed by atoms with Gasteiger partial charge in [0.15, 0.2) is 0 Å². The minimum absolute atomic E-state index is 0.0808. The Kier molecular flexibility index (Phi) is 7.36. The molecule has 1 aromatic heterocycles. The second-order valence-electron chi connectivity index (χ2n) is 8.26. The van der Waals surface area contributed by atoms with Crippen LogP contribution in [0.15, 0.2) is 58.2 Å². The number of hydrogen-bond donors (Lipinski definition) is 0. The first-order chi connectivity index (χ1) is 15.2. The van der Waals surface area contributed by atoms with Crippen LogP contribution in [0.3, 0.4) is 0 Å². The molecule has 0 amide bonds. The molecule has 32 heavy (non-hydrogen) atoms. The molecule has 2 aromatic carbocycles. The average Bonchev–Trinajstić information content (AvgIpc) is 2.78. The van der Waals surface area contributed by atoms with Gasteiger partial charge in [-0.2, -0.15) is 4.31 Å². The topological polar surface area (TPSA) is 81.5 Å². The molecule has 0 fully saturated rings. The van der Waals surface area contributed by atoms with E-state index in [1.807, 2.05) is 32.9 Å². The van der Waals surface area contributed by atoms with E-state index in [1.54, 1.807) is 47.9 Å². The molecule has 0 N–H and O–H groups in total. The number of ether oxygens (including phenoxy) is 1. The molecule has 0 saturated carbocycles. The van der Waals surface area contributed by atoms with Crippen LogP contribution in [-0.4, -0.2) is 35.9 Å². The maximum absolute atomic E-state index is 13.7. The predicted octanol–water partition coefficient (Wildman–Crippen LogP) is 4.22. The summed E-state index contributed by atoms with van der Waals surface area (Å²) >= 11 is 0. The normalized spacial score (nSPS) is 13.1. The summed E-state index contributed by atoms with van der Waals surface area (Å²) < 4.78 is 35.6. The summed E-state index contributed by atoms with van der Waals surface area (Å²) in [5.41, 5.74) is 0.420. The molecule has 8 heteroatoms. The van der Waals surface area contributed by atoms with Crippen molar-refractivity contribution >= 4 is 20.9 Å². The van der Waals surface area contributed by atoms with Crippen molar-refractivity contribution in [1.29, 1.82) is 0 Å². The van der Waals surface area contributed by atoms with E-state index in [0.717, 1.165) is 6.42 Å². The third kappa shape index (κ3) is 4.71. The van der Waals surface area contributed by atoms with Crippen molar-refractivity contribution in [3.8, 4) is 5.75 Å². The molecule has 3 rings (SSSR count). The van der Waals surface area contributed by atoms with E-state index in [1.165, 1.54) is 11.4 Å². The van der Waals surface area contributed by atoms with E-state index in [-0.39, 0.29) is 16.4 Å². The number of hydrogen-bond acceptors (Lipinski definition) is 5. The molecule has 1 heterocycles.